The molecule has 0 saturated carbocycles. The Bertz CT molecular complexity index is 648. The Kier molecular flexibility index (Phi) is 9.87. The Hall–Kier alpha value is -1.75. The number of nitrogens with one attached hydrogen (secondary N) is 1. The van der Waals surface area contributed by atoms with Gasteiger partial charge in [-0.1, -0.05) is 0 Å². The number of aliphatic hydroxyl groups is 5. The second-order valence-electron chi connectivity index (χ2n) is 7.46. The predicted molar refractivity (Wildman–Crippen MR) is 99.8 cm³/mol. The van der Waals surface area contributed by atoms with Gasteiger partial charge in [0.2, 0.25) is 5.91 Å². The summed E-state index contributed by atoms with van der Waals surface area (Å²) < 4.78 is 21.7. The average molecular weight is 467 g/mol. The number of hydrogen-bond acceptors (Lipinski definition) is 12. The fraction of sp³-hybridized carbons (Fsp3) is 0.833. The zero-order chi connectivity index (χ0) is 24.0. The summed E-state index contributed by atoms with van der Waals surface area (Å²) in [4.78, 5) is 33.5. The zero-order valence-electron chi connectivity index (χ0n) is 17.2. The van der Waals surface area contributed by atoms with E-state index in [0.29, 0.717) is 12.7 Å². The standard InChI is InChI=1S/C18H29NO13/c1-7(22)19-9-14(10(23)8(6-21)30-17(9)29-5-3-2-4-20)31-18-13(26)11(24)12(25)15(32-18)16(27)28/h4,8-15,17-18,21,23-26H,2-3,5-6H2,1H3,(H,19,22)(H,27,28)/t8-,9-,10-,11+,12+,13-,14-,15+,17-,18+/m1/s1. The molecule has 0 unspecified atom stereocenters. The topological polar surface area (TPSA) is 222 Å². The molecule has 0 aromatic rings. The molecule has 7 N–H and O–H groups in total. The summed E-state index contributed by atoms with van der Waals surface area (Å²) in [6.07, 6.45) is -14.0. The van der Waals surface area contributed by atoms with Crippen LogP contribution in [0.5, 0.6) is 0 Å². The van der Waals surface area contributed by atoms with Crippen LogP contribution in [0.1, 0.15) is 19.8 Å². The van der Waals surface area contributed by atoms with Gasteiger partial charge in [-0.3, -0.25) is 4.79 Å². The largest absolute Gasteiger partial charge is 0.479 e. The van der Waals surface area contributed by atoms with Gasteiger partial charge >= 0.3 is 5.97 Å². The number of amides is 1. The highest BCUT2D eigenvalue weighted by Gasteiger charge is 2.52. The SMILES string of the molecule is CC(=O)N[C@H]1[C@H](OCCCC=O)O[C@H](CO)[C@@H](O)[C@@H]1O[C@H]1O[C@H](C(=O)O)[C@@H](O)[C@H](O)[C@H]1O. The molecule has 2 rings (SSSR count). The number of ether oxygens (including phenoxy) is 4. The Morgan fingerprint density at radius 1 is 1.03 bits per heavy atom. The van der Waals surface area contributed by atoms with Gasteiger partial charge in [0, 0.05) is 13.3 Å². The first-order valence-corrected chi connectivity index (χ1v) is 9.97. The smallest absolute Gasteiger partial charge is 0.335 e. The number of unbranched alkanes of at least 4 members (excludes halogenated alkanes) is 1. The van der Waals surface area contributed by atoms with E-state index >= 15 is 0 Å². The van der Waals surface area contributed by atoms with Gasteiger partial charge in [0.05, 0.1) is 13.2 Å². The fourth-order valence-corrected chi connectivity index (χ4v) is 3.45. The number of aliphatic carboxylic acids is 1. The number of aldehydes is 1. The van der Waals surface area contributed by atoms with Gasteiger partial charge in [0.1, 0.15) is 49.0 Å². The molecule has 2 saturated heterocycles. The lowest BCUT2D eigenvalue weighted by molar-refractivity contribution is -0.340. The molecule has 14 heteroatoms. The molecule has 184 valence electrons. The molecule has 32 heavy (non-hydrogen) atoms. The van der Waals surface area contributed by atoms with Crippen molar-refractivity contribution in [1.29, 1.82) is 0 Å². The molecule has 0 aromatic heterocycles. The molecule has 1 amide bonds. The van der Waals surface area contributed by atoms with Crippen LogP contribution in [0.4, 0.5) is 0 Å². The first-order valence-electron chi connectivity index (χ1n) is 9.97. The lowest BCUT2D eigenvalue weighted by Gasteiger charge is -2.47. The van der Waals surface area contributed by atoms with Gasteiger partial charge in [-0.2, -0.15) is 0 Å². The highest BCUT2D eigenvalue weighted by molar-refractivity contribution is 5.73. The van der Waals surface area contributed by atoms with Crippen LogP contribution in [-0.2, 0) is 33.3 Å². The van der Waals surface area contributed by atoms with Crippen LogP contribution < -0.4 is 5.32 Å². The van der Waals surface area contributed by atoms with Crippen LogP contribution in [0, 0.1) is 0 Å². The summed E-state index contributed by atoms with van der Waals surface area (Å²) in [5.74, 6) is -2.21. The average Bonchev–Trinajstić information content (AvgIpc) is 2.74. The Labute approximate surface area is 182 Å². The summed E-state index contributed by atoms with van der Waals surface area (Å²) in [5.41, 5.74) is 0. The van der Waals surface area contributed by atoms with E-state index in [2.05, 4.69) is 5.32 Å². The Balaban J connectivity index is 2.27. The molecule has 2 heterocycles. The highest BCUT2D eigenvalue weighted by atomic mass is 16.7. The third-order valence-corrected chi connectivity index (χ3v) is 5.08. The number of carboxylic acid groups (broad SMARTS) is 1. The molecule has 0 radical (unpaired) electrons. The quantitative estimate of drug-likeness (QED) is 0.120. The number of hydrogen-bond donors (Lipinski definition) is 7. The van der Waals surface area contributed by atoms with E-state index in [1.165, 1.54) is 0 Å². The van der Waals surface area contributed by atoms with Crippen molar-refractivity contribution in [2.45, 2.75) is 81.1 Å². The molecule has 10 atom stereocenters. The van der Waals surface area contributed by atoms with Crippen molar-refractivity contribution in [3.8, 4) is 0 Å². The van der Waals surface area contributed by atoms with Crippen molar-refractivity contribution in [1.82, 2.24) is 5.32 Å². The second-order valence-corrected chi connectivity index (χ2v) is 7.46. The van der Waals surface area contributed by atoms with Crippen LogP contribution in [0.25, 0.3) is 0 Å². The molecule has 0 aromatic carbocycles. The van der Waals surface area contributed by atoms with Crippen molar-refractivity contribution in [3.63, 3.8) is 0 Å². The highest BCUT2D eigenvalue weighted by Crippen LogP contribution is 2.30. The minimum Gasteiger partial charge on any atom is -0.479 e. The molecule has 2 fully saturated rings. The summed E-state index contributed by atoms with van der Waals surface area (Å²) in [6, 6.07) is -1.22. The molecular formula is C18H29NO13. The van der Waals surface area contributed by atoms with Crippen molar-refractivity contribution in [2.75, 3.05) is 13.2 Å². The van der Waals surface area contributed by atoms with E-state index in [1.54, 1.807) is 0 Å². The van der Waals surface area contributed by atoms with Crippen molar-refractivity contribution in [3.05, 3.63) is 0 Å². The summed E-state index contributed by atoms with van der Waals surface area (Å²) in [7, 11) is 0. The van der Waals surface area contributed by atoms with Crippen molar-refractivity contribution >= 4 is 18.2 Å². The van der Waals surface area contributed by atoms with Gasteiger partial charge in [0.15, 0.2) is 18.7 Å². The third kappa shape index (κ3) is 6.18. The van der Waals surface area contributed by atoms with E-state index in [4.69, 9.17) is 18.9 Å². The van der Waals surface area contributed by atoms with Gasteiger partial charge < -0.3 is 59.7 Å². The Morgan fingerprint density at radius 2 is 1.72 bits per heavy atom. The lowest BCUT2D eigenvalue weighted by Crippen LogP contribution is -2.68. The summed E-state index contributed by atoms with van der Waals surface area (Å²) in [5, 5.41) is 61.8. The van der Waals surface area contributed by atoms with Crippen LogP contribution in [0.3, 0.4) is 0 Å². The normalized spacial score (nSPS) is 39.9. The zero-order valence-corrected chi connectivity index (χ0v) is 17.2. The predicted octanol–water partition coefficient (Wildman–Crippen LogP) is -4.16. The maximum absolute atomic E-state index is 11.7. The van der Waals surface area contributed by atoms with Crippen molar-refractivity contribution in [2.24, 2.45) is 0 Å². The van der Waals surface area contributed by atoms with Crippen LogP contribution in [-0.4, -0.2) is 123 Å². The van der Waals surface area contributed by atoms with Crippen LogP contribution in [0.15, 0.2) is 0 Å². The number of rotatable bonds is 10. The van der Waals surface area contributed by atoms with E-state index in [0.717, 1.165) is 6.92 Å². The molecule has 0 spiro atoms. The number of carboxylic acids is 1. The van der Waals surface area contributed by atoms with E-state index in [1.807, 2.05) is 0 Å². The number of carbonyl (C=O) groups excluding carboxylic acids is 2. The van der Waals surface area contributed by atoms with E-state index < -0.39 is 79.8 Å². The third-order valence-electron chi connectivity index (χ3n) is 5.08. The minimum atomic E-state index is -1.95. The maximum Gasteiger partial charge on any atom is 0.335 e. The van der Waals surface area contributed by atoms with Gasteiger partial charge in [-0.15, -0.1) is 0 Å². The van der Waals surface area contributed by atoms with Crippen LogP contribution >= 0.6 is 0 Å². The van der Waals surface area contributed by atoms with Crippen LogP contribution in [0.2, 0.25) is 0 Å². The number of carbonyl (C=O) groups is 3. The van der Waals surface area contributed by atoms with Gasteiger partial charge in [-0.05, 0) is 6.42 Å². The number of aliphatic hydroxyl groups excluding tert-OH is 5. The Morgan fingerprint density at radius 3 is 2.28 bits per heavy atom. The maximum atomic E-state index is 11.7. The minimum absolute atomic E-state index is 0.0228. The molecule has 2 aliphatic rings. The summed E-state index contributed by atoms with van der Waals surface area (Å²) >= 11 is 0. The van der Waals surface area contributed by atoms with E-state index in [-0.39, 0.29) is 13.0 Å². The van der Waals surface area contributed by atoms with Gasteiger partial charge in [-0.25, -0.2) is 4.79 Å². The van der Waals surface area contributed by atoms with Gasteiger partial charge in [0.25, 0.3) is 0 Å². The monoisotopic (exact) mass is 467 g/mol. The fourth-order valence-electron chi connectivity index (χ4n) is 3.45. The molecular weight excluding hydrogens is 438 g/mol. The molecule has 2 aliphatic heterocycles. The molecule has 0 bridgehead atoms. The molecule has 14 nitrogen and oxygen atoms in total. The first-order chi connectivity index (χ1) is 15.1. The molecule has 0 aliphatic carbocycles. The van der Waals surface area contributed by atoms with E-state index in [9.17, 15) is 45.0 Å². The lowest BCUT2D eigenvalue weighted by atomic mass is 9.95. The first kappa shape index (κ1) is 26.5. The second kappa shape index (κ2) is 11.9. The van der Waals surface area contributed by atoms with Crippen molar-refractivity contribution < 1.29 is 64.0 Å². The summed E-state index contributed by atoms with van der Waals surface area (Å²) in [6.45, 7) is 0.502.